The fourth-order valence-corrected chi connectivity index (χ4v) is 3.15. The van der Waals surface area contributed by atoms with Gasteiger partial charge >= 0.3 is 6.18 Å². The molecule has 0 aliphatic carbocycles. The summed E-state index contributed by atoms with van der Waals surface area (Å²) in [5, 5.41) is 4.08. The Morgan fingerprint density at radius 3 is 2.43 bits per heavy atom. The van der Waals surface area contributed by atoms with E-state index in [4.69, 9.17) is 0 Å². The summed E-state index contributed by atoms with van der Waals surface area (Å²) in [6.45, 7) is 12.9. The van der Waals surface area contributed by atoms with Crippen LogP contribution < -0.4 is 5.32 Å². The van der Waals surface area contributed by atoms with Gasteiger partial charge in [-0.15, -0.1) is 0 Å². The van der Waals surface area contributed by atoms with Crippen LogP contribution in [-0.4, -0.2) is 36.1 Å². The lowest BCUT2D eigenvalue weighted by Crippen LogP contribution is -2.30. The van der Waals surface area contributed by atoms with E-state index < -0.39 is 11.7 Å². The normalized spacial score (nSPS) is 12.7. The predicted octanol–water partition coefficient (Wildman–Crippen LogP) is 6.20. The molecule has 0 atom stereocenters. The second-order valence-corrected chi connectivity index (χ2v) is 8.52. The molecule has 0 fully saturated rings. The first-order valence-electron chi connectivity index (χ1n) is 10.0. The van der Waals surface area contributed by atoms with Gasteiger partial charge in [0.1, 0.15) is 0 Å². The van der Waals surface area contributed by atoms with E-state index in [1.807, 2.05) is 6.07 Å². The van der Waals surface area contributed by atoms with E-state index in [-0.39, 0.29) is 0 Å². The summed E-state index contributed by atoms with van der Waals surface area (Å²) in [6.07, 6.45) is 0.478. The zero-order chi connectivity index (χ0) is 20.8. The molecule has 1 aromatic heterocycles. The highest BCUT2D eigenvalue weighted by molar-refractivity contribution is 5.91. The van der Waals surface area contributed by atoms with Crippen LogP contribution in [0, 0.1) is 5.41 Å². The van der Waals surface area contributed by atoms with Gasteiger partial charge in [0.25, 0.3) is 0 Å². The fraction of sp³-hybridized carbons (Fsp3) is 0.591. The maximum absolute atomic E-state index is 12.9. The van der Waals surface area contributed by atoms with Crippen LogP contribution in [0.4, 0.5) is 18.9 Å². The number of benzene rings is 1. The summed E-state index contributed by atoms with van der Waals surface area (Å²) in [6, 6.07) is 5.54. The number of anilines is 1. The van der Waals surface area contributed by atoms with E-state index in [0.717, 1.165) is 63.3 Å². The lowest BCUT2D eigenvalue weighted by Gasteiger charge is -2.26. The van der Waals surface area contributed by atoms with Gasteiger partial charge < -0.3 is 10.2 Å². The van der Waals surface area contributed by atoms with Gasteiger partial charge in [0.2, 0.25) is 0 Å². The van der Waals surface area contributed by atoms with Crippen LogP contribution in [0.1, 0.15) is 52.5 Å². The van der Waals surface area contributed by atoms with Crippen molar-refractivity contribution in [1.82, 2.24) is 9.88 Å². The molecule has 0 saturated heterocycles. The van der Waals surface area contributed by atoms with Crippen LogP contribution in [-0.2, 0) is 6.18 Å². The van der Waals surface area contributed by atoms with Gasteiger partial charge in [-0.2, -0.15) is 13.2 Å². The SMILES string of the molecule is CCCN(CCCNc1ccnc2cc(C(F)(F)F)ccc12)CCC(C)(C)C. The molecule has 3 nitrogen and oxygen atoms in total. The summed E-state index contributed by atoms with van der Waals surface area (Å²) >= 11 is 0. The Hall–Kier alpha value is -1.82. The average Bonchev–Trinajstić information content (AvgIpc) is 2.61. The second-order valence-electron chi connectivity index (χ2n) is 8.52. The molecule has 1 N–H and O–H groups in total. The lowest BCUT2D eigenvalue weighted by molar-refractivity contribution is -0.137. The number of fused-ring (bicyclic) bond motifs is 1. The molecule has 28 heavy (non-hydrogen) atoms. The number of hydrogen-bond donors (Lipinski definition) is 1. The third kappa shape index (κ3) is 6.97. The predicted molar refractivity (Wildman–Crippen MR) is 111 cm³/mol. The smallest absolute Gasteiger partial charge is 0.384 e. The van der Waals surface area contributed by atoms with Gasteiger partial charge in [-0.25, -0.2) is 0 Å². The first-order chi connectivity index (χ1) is 13.1. The number of alkyl halides is 3. The summed E-state index contributed by atoms with van der Waals surface area (Å²) in [4.78, 5) is 6.59. The van der Waals surface area contributed by atoms with Crippen LogP contribution >= 0.6 is 0 Å². The Morgan fingerprint density at radius 1 is 1.04 bits per heavy atom. The van der Waals surface area contributed by atoms with Crippen molar-refractivity contribution in [3.05, 3.63) is 36.0 Å². The molecule has 0 spiro atoms. The number of nitrogens with one attached hydrogen (secondary N) is 1. The summed E-state index contributed by atoms with van der Waals surface area (Å²) in [7, 11) is 0. The summed E-state index contributed by atoms with van der Waals surface area (Å²) in [5.41, 5.74) is 0.849. The quantitative estimate of drug-likeness (QED) is 0.512. The molecule has 2 rings (SSSR count). The maximum atomic E-state index is 12.9. The van der Waals surface area contributed by atoms with E-state index in [9.17, 15) is 13.2 Å². The Bertz CT molecular complexity index is 751. The Labute approximate surface area is 166 Å². The molecule has 2 aromatic rings. The Morgan fingerprint density at radius 2 is 1.79 bits per heavy atom. The van der Waals surface area contributed by atoms with E-state index in [1.165, 1.54) is 6.07 Å². The zero-order valence-electron chi connectivity index (χ0n) is 17.4. The number of rotatable bonds is 9. The second kappa shape index (κ2) is 9.59. The molecule has 0 unspecified atom stereocenters. The molecule has 0 bridgehead atoms. The molecule has 0 aliphatic rings. The highest BCUT2D eigenvalue weighted by atomic mass is 19.4. The van der Waals surface area contributed by atoms with Crippen molar-refractivity contribution in [1.29, 1.82) is 0 Å². The first kappa shape index (κ1) is 22.5. The standard InChI is InChI=1S/C22H32F3N3/c1-5-13-28(15-10-21(2,3)4)14-6-11-26-19-9-12-27-20-16-17(22(23,24)25)7-8-18(19)20/h7-9,12,16H,5-6,10-11,13-15H2,1-4H3,(H,26,27). The zero-order valence-corrected chi connectivity index (χ0v) is 17.4. The third-order valence-electron chi connectivity index (χ3n) is 4.75. The molecule has 0 saturated carbocycles. The number of nitrogens with zero attached hydrogens (tertiary/aromatic N) is 2. The van der Waals surface area contributed by atoms with Crippen molar-refractivity contribution >= 4 is 16.6 Å². The van der Waals surface area contributed by atoms with E-state index in [0.29, 0.717) is 16.3 Å². The van der Waals surface area contributed by atoms with Crippen LogP contribution in [0.3, 0.4) is 0 Å². The van der Waals surface area contributed by atoms with Gasteiger partial charge in [-0.05, 0) is 62.5 Å². The Balaban J connectivity index is 1.94. The van der Waals surface area contributed by atoms with E-state index in [1.54, 1.807) is 6.20 Å². The van der Waals surface area contributed by atoms with Gasteiger partial charge in [-0.1, -0.05) is 33.8 Å². The molecule has 0 amide bonds. The summed E-state index contributed by atoms with van der Waals surface area (Å²) < 4.78 is 38.7. The lowest BCUT2D eigenvalue weighted by atomic mass is 9.92. The van der Waals surface area contributed by atoms with Gasteiger partial charge in [-0.3, -0.25) is 4.98 Å². The maximum Gasteiger partial charge on any atom is 0.416 e. The van der Waals surface area contributed by atoms with Gasteiger partial charge in [0.05, 0.1) is 11.1 Å². The highest BCUT2D eigenvalue weighted by Gasteiger charge is 2.30. The van der Waals surface area contributed by atoms with Crippen molar-refractivity contribution in [3.8, 4) is 0 Å². The minimum atomic E-state index is -4.35. The largest absolute Gasteiger partial charge is 0.416 e. The monoisotopic (exact) mass is 395 g/mol. The van der Waals surface area contributed by atoms with E-state index >= 15 is 0 Å². The van der Waals surface area contributed by atoms with Crippen LogP contribution in [0.5, 0.6) is 0 Å². The molecule has 0 aliphatic heterocycles. The Kier molecular flexibility index (Phi) is 7.70. The van der Waals surface area contributed by atoms with Crippen LogP contribution in [0.2, 0.25) is 0 Å². The van der Waals surface area contributed by atoms with Crippen molar-refractivity contribution in [2.24, 2.45) is 5.41 Å². The number of aromatic nitrogens is 1. The van der Waals surface area contributed by atoms with Crippen molar-refractivity contribution < 1.29 is 13.2 Å². The molecule has 1 aromatic carbocycles. The fourth-order valence-electron chi connectivity index (χ4n) is 3.15. The minimum Gasteiger partial charge on any atom is -0.384 e. The number of pyridine rings is 1. The highest BCUT2D eigenvalue weighted by Crippen LogP contribution is 2.32. The molecule has 0 radical (unpaired) electrons. The third-order valence-corrected chi connectivity index (χ3v) is 4.75. The summed E-state index contributed by atoms with van der Waals surface area (Å²) in [5.74, 6) is 0. The molecular formula is C22H32F3N3. The molecule has 156 valence electrons. The van der Waals surface area contributed by atoms with Crippen LogP contribution in [0.25, 0.3) is 10.9 Å². The van der Waals surface area contributed by atoms with Crippen LogP contribution in [0.15, 0.2) is 30.5 Å². The first-order valence-corrected chi connectivity index (χ1v) is 10.0. The van der Waals surface area contributed by atoms with Gasteiger partial charge in [0, 0.05) is 23.8 Å². The number of hydrogen-bond acceptors (Lipinski definition) is 3. The minimum absolute atomic E-state index is 0.329. The van der Waals surface area contributed by atoms with E-state index in [2.05, 4.69) is 42.9 Å². The van der Waals surface area contributed by atoms with Crippen molar-refractivity contribution in [3.63, 3.8) is 0 Å². The average molecular weight is 396 g/mol. The van der Waals surface area contributed by atoms with Crippen molar-refractivity contribution in [2.45, 2.75) is 53.1 Å². The topological polar surface area (TPSA) is 28.2 Å². The molecule has 1 heterocycles. The number of halogens is 3. The molecular weight excluding hydrogens is 363 g/mol. The van der Waals surface area contributed by atoms with Gasteiger partial charge in [0.15, 0.2) is 0 Å². The molecule has 6 heteroatoms. The van der Waals surface area contributed by atoms with Crippen molar-refractivity contribution in [2.75, 3.05) is 31.5 Å².